The number of halogens is 1. The maximum Gasteiger partial charge on any atom is 0.331 e. The molecule has 4 heterocycles. The lowest BCUT2D eigenvalue weighted by atomic mass is 9.73. The van der Waals surface area contributed by atoms with Crippen LogP contribution in [0.4, 0.5) is 0 Å². The Balaban J connectivity index is 0.00000241. The Kier molecular flexibility index (Phi) is 5.95. The number of fused-ring (bicyclic) bond motifs is 6. The predicted octanol–water partition coefficient (Wildman–Crippen LogP) is 2.84. The second-order valence-corrected chi connectivity index (χ2v) is 9.94. The van der Waals surface area contributed by atoms with E-state index < -0.39 is 0 Å². The van der Waals surface area contributed by atoms with Crippen molar-refractivity contribution in [3.63, 3.8) is 0 Å². The first-order valence-electron chi connectivity index (χ1n) is 11.3. The quantitative estimate of drug-likeness (QED) is 0.464. The highest BCUT2D eigenvalue weighted by molar-refractivity contribution is 7.25. The molecule has 178 valence electrons. The van der Waals surface area contributed by atoms with Gasteiger partial charge in [-0.1, -0.05) is 12.1 Å². The number of aryl methyl sites for hydroxylation is 1. The minimum atomic E-state index is -0.307. The Morgan fingerprint density at radius 1 is 1.24 bits per heavy atom. The Morgan fingerprint density at radius 2 is 2.06 bits per heavy atom. The average Bonchev–Trinajstić information content (AvgIpc) is 3.44. The van der Waals surface area contributed by atoms with Gasteiger partial charge in [-0.25, -0.2) is 14.8 Å². The summed E-state index contributed by atoms with van der Waals surface area (Å²) in [6.07, 6.45) is 6.05. The van der Waals surface area contributed by atoms with Gasteiger partial charge in [-0.15, -0.1) is 23.7 Å². The van der Waals surface area contributed by atoms with Gasteiger partial charge in [-0.3, -0.25) is 13.9 Å². The third-order valence-corrected chi connectivity index (χ3v) is 8.42. The van der Waals surface area contributed by atoms with E-state index in [9.17, 15) is 9.59 Å². The van der Waals surface area contributed by atoms with Crippen LogP contribution in [0.3, 0.4) is 0 Å². The molecule has 6 rings (SSSR count). The summed E-state index contributed by atoms with van der Waals surface area (Å²) in [4.78, 5) is 35.8. The maximum absolute atomic E-state index is 13.3. The van der Waals surface area contributed by atoms with Crippen LogP contribution in [-0.4, -0.2) is 38.8 Å². The summed E-state index contributed by atoms with van der Waals surface area (Å²) in [6.45, 7) is 1.34. The van der Waals surface area contributed by atoms with Crippen LogP contribution in [0.1, 0.15) is 29.9 Å². The van der Waals surface area contributed by atoms with Crippen molar-refractivity contribution in [3.05, 3.63) is 62.6 Å². The molecule has 2 aliphatic rings. The lowest BCUT2D eigenvalue weighted by Crippen LogP contribution is -2.40. The van der Waals surface area contributed by atoms with E-state index in [0.29, 0.717) is 45.4 Å². The van der Waals surface area contributed by atoms with E-state index in [1.54, 1.807) is 26.6 Å². The van der Waals surface area contributed by atoms with Gasteiger partial charge >= 0.3 is 5.69 Å². The van der Waals surface area contributed by atoms with Crippen LogP contribution < -0.4 is 21.3 Å². The van der Waals surface area contributed by atoms with Gasteiger partial charge in [0.15, 0.2) is 0 Å². The van der Waals surface area contributed by atoms with Crippen LogP contribution in [0.15, 0.2) is 40.2 Å². The highest BCUT2D eigenvalue weighted by atomic mass is 35.5. The first-order valence-corrected chi connectivity index (χ1v) is 12.1. The monoisotopic (exact) mass is 499 g/mol. The van der Waals surface area contributed by atoms with Gasteiger partial charge in [0, 0.05) is 37.9 Å². The van der Waals surface area contributed by atoms with Gasteiger partial charge in [-0.05, 0) is 48.9 Å². The molecular weight excluding hydrogens is 474 g/mol. The first kappa shape index (κ1) is 23.0. The number of thiophene rings is 1. The van der Waals surface area contributed by atoms with Gasteiger partial charge in [0.2, 0.25) is 0 Å². The molecule has 4 aromatic rings. The van der Waals surface area contributed by atoms with Crippen molar-refractivity contribution in [3.8, 4) is 5.75 Å². The van der Waals surface area contributed by atoms with Crippen molar-refractivity contribution in [2.45, 2.75) is 37.8 Å². The van der Waals surface area contributed by atoms with E-state index in [1.165, 1.54) is 31.6 Å². The van der Waals surface area contributed by atoms with Crippen molar-refractivity contribution < 1.29 is 4.74 Å². The number of nitrogens with zero attached hydrogens (tertiary/aromatic N) is 4. The van der Waals surface area contributed by atoms with E-state index in [0.717, 1.165) is 25.1 Å². The number of nitrogens with one attached hydrogen (secondary N) is 1. The number of methoxy groups -OCH3 is 1. The maximum atomic E-state index is 13.3. The van der Waals surface area contributed by atoms with Crippen molar-refractivity contribution in [1.29, 1.82) is 0 Å². The lowest BCUT2D eigenvalue weighted by Gasteiger charge is -2.32. The highest BCUT2D eigenvalue weighted by Gasteiger charge is 2.40. The van der Waals surface area contributed by atoms with E-state index in [-0.39, 0.29) is 29.7 Å². The molecule has 1 unspecified atom stereocenters. The normalized spacial score (nSPS) is 21.3. The standard InChI is InChI=1S/C24H25N5O3S.ClH/c1-28-20-19-22(26-10-9-25-19)33-21(20)23(30)29(24(28)31)11-8-16-18-13(12-27-16)6-7-14-15(18)4-3-5-17(14)32-2;/h3-5,9-10,13,16,18,27H,6-8,11-12H2,1-2H3;1H/t13-,16?,18+;/m0./s1. The zero-order valence-electron chi connectivity index (χ0n) is 19.0. The molecule has 10 heteroatoms. The summed E-state index contributed by atoms with van der Waals surface area (Å²) >= 11 is 1.30. The van der Waals surface area contributed by atoms with Crippen molar-refractivity contribution in [2.75, 3.05) is 13.7 Å². The molecule has 3 atom stereocenters. The van der Waals surface area contributed by atoms with Crippen LogP contribution in [0, 0.1) is 5.92 Å². The fraction of sp³-hybridized carbons (Fsp3) is 0.417. The third kappa shape index (κ3) is 3.37. The molecule has 0 spiro atoms. The Bertz CT molecular complexity index is 1510. The van der Waals surface area contributed by atoms with Gasteiger partial charge in [0.1, 0.15) is 20.8 Å². The summed E-state index contributed by atoms with van der Waals surface area (Å²) in [7, 11) is 3.43. The van der Waals surface area contributed by atoms with Crippen LogP contribution in [0.25, 0.3) is 20.6 Å². The second-order valence-electron chi connectivity index (χ2n) is 8.94. The smallest absolute Gasteiger partial charge is 0.331 e. The van der Waals surface area contributed by atoms with Gasteiger partial charge in [0.25, 0.3) is 5.56 Å². The number of aromatic nitrogens is 4. The van der Waals surface area contributed by atoms with Crippen LogP contribution in [0.2, 0.25) is 0 Å². The molecular formula is C24H26ClN5O3S. The fourth-order valence-electron chi connectivity index (χ4n) is 5.83. The number of hydrogen-bond acceptors (Lipinski definition) is 7. The molecule has 0 radical (unpaired) electrons. The zero-order chi connectivity index (χ0) is 22.7. The summed E-state index contributed by atoms with van der Waals surface area (Å²) in [5.41, 5.74) is 3.26. The largest absolute Gasteiger partial charge is 0.496 e. The van der Waals surface area contributed by atoms with Crippen molar-refractivity contribution in [2.24, 2.45) is 13.0 Å². The molecule has 1 N–H and O–H groups in total. The molecule has 0 bridgehead atoms. The summed E-state index contributed by atoms with van der Waals surface area (Å²) in [5, 5.41) is 3.68. The molecule has 8 nitrogen and oxygen atoms in total. The van der Waals surface area contributed by atoms with E-state index in [1.807, 2.05) is 6.07 Å². The van der Waals surface area contributed by atoms with E-state index in [2.05, 4.69) is 27.4 Å². The third-order valence-electron chi connectivity index (χ3n) is 7.36. The van der Waals surface area contributed by atoms with Crippen molar-refractivity contribution in [1.82, 2.24) is 24.4 Å². The van der Waals surface area contributed by atoms with Crippen LogP contribution in [-0.2, 0) is 20.0 Å². The summed E-state index contributed by atoms with van der Waals surface area (Å²) in [6, 6.07) is 6.51. The zero-order valence-corrected chi connectivity index (χ0v) is 20.6. The molecule has 1 fully saturated rings. The predicted molar refractivity (Wildman–Crippen MR) is 136 cm³/mol. The minimum Gasteiger partial charge on any atom is -0.496 e. The number of benzene rings is 1. The molecule has 1 saturated heterocycles. The highest BCUT2D eigenvalue weighted by Crippen LogP contribution is 2.45. The van der Waals surface area contributed by atoms with Gasteiger partial charge in [0.05, 0.1) is 12.6 Å². The number of ether oxygens (including phenoxy) is 1. The fourth-order valence-corrected chi connectivity index (χ4v) is 6.91. The number of rotatable bonds is 4. The number of hydrogen-bond donors (Lipinski definition) is 1. The van der Waals surface area contributed by atoms with E-state index in [4.69, 9.17) is 4.74 Å². The second kappa shape index (κ2) is 8.79. The van der Waals surface area contributed by atoms with E-state index >= 15 is 0 Å². The average molecular weight is 500 g/mol. The SMILES string of the molecule is COc1cccc2c1CC[C@H]1CNC(CCn3c(=O)c4sc5nccnc5c4n(C)c3=O)[C@@H]21.Cl. The Morgan fingerprint density at radius 3 is 2.88 bits per heavy atom. The molecule has 3 aromatic heterocycles. The first-order chi connectivity index (χ1) is 16.1. The Hall–Kier alpha value is -2.75. The van der Waals surface area contributed by atoms with Gasteiger partial charge in [-0.2, -0.15) is 0 Å². The Labute approximate surface area is 206 Å². The molecule has 0 amide bonds. The summed E-state index contributed by atoms with van der Waals surface area (Å²) < 4.78 is 9.06. The van der Waals surface area contributed by atoms with Crippen molar-refractivity contribution >= 4 is 44.3 Å². The lowest BCUT2D eigenvalue weighted by molar-refractivity contribution is 0.370. The molecule has 1 aromatic carbocycles. The minimum absolute atomic E-state index is 0. The topological polar surface area (TPSA) is 91.0 Å². The van der Waals surface area contributed by atoms with Gasteiger partial charge < -0.3 is 10.1 Å². The van der Waals surface area contributed by atoms with Crippen LogP contribution >= 0.6 is 23.7 Å². The van der Waals surface area contributed by atoms with Crippen LogP contribution in [0.5, 0.6) is 5.75 Å². The summed E-state index contributed by atoms with van der Waals surface area (Å²) in [5.74, 6) is 1.89. The molecule has 1 aliphatic heterocycles. The molecule has 0 saturated carbocycles. The molecule has 1 aliphatic carbocycles. The molecule has 34 heavy (non-hydrogen) atoms.